The first-order valence-electron chi connectivity index (χ1n) is 9.86. The fourth-order valence-electron chi connectivity index (χ4n) is 4.12. The zero-order chi connectivity index (χ0) is 16.7. The Morgan fingerprint density at radius 3 is 2.09 bits per heavy atom. The molecule has 3 heteroatoms. The second-order valence-electron chi connectivity index (χ2n) is 7.34. The molecule has 1 atom stereocenters. The molecule has 1 aliphatic rings. The van der Waals surface area contributed by atoms with Crippen LogP contribution in [0.4, 0.5) is 0 Å². The van der Waals surface area contributed by atoms with E-state index in [1.165, 1.54) is 51.4 Å². The van der Waals surface area contributed by atoms with Gasteiger partial charge in [0.25, 0.3) is 0 Å². The molecule has 2 rings (SSSR count). The van der Waals surface area contributed by atoms with Crippen LogP contribution in [0.5, 0.6) is 0 Å². The van der Waals surface area contributed by atoms with Crippen LogP contribution in [0, 0.1) is 0 Å². The Balaban J connectivity index is 2.30. The molecule has 1 unspecified atom stereocenters. The van der Waals surface area contributed by atoms with Gasteiger partial charge in [0.15, 0.2) is 0 Å². The molecule has 0 N–H and O–H groups in total. The van der Waals surface area contributed by atoms with E-state index in [9.17, 15) is 0 Å². The van der Waals surface area contributed by atoms with E-state index in [0.717, 1.165) is 0 Å². The van der Waals surface area contributed by atoms with E-state index in [1.54, 1.807) is 23.8 Å². The van der Waals surface area contributed by atoms with Gasteiger partial charge in [0.1, 0.15) is 0 Å². The fraction of sp³-hybridized carbons (Fsp3) is 0.800. The van der Waals surface area contributed by atoms with Gasteiger partial charge in [-0.15, -0.1) is 0 Å². The number of ether oxygens (including phenoxy) is 1. The van der Waals surface area contributed by atoms with Crippen LogP contribution < -0.4 is 2.89 Å². The van der Waals surface area contributed by atoms with E-state index in [1.807, 2.05) is 10.0 Å². The Kier molecular flexibility index (Phi) is 8.44. The molecule has 1 aromatic rings. The molecular weight excluding hydrogens is 407 g/mol. The van der Waals surface area contributed by atoms with Gasteiger partial charge in [0.2, 0.25) is 0 Å². The predicted molar refractivity (Wildman–Crippen MR) is 107 cm³/mol. The van der Waals surface area contributed by atoms with Crippen molar-refractivity contribution < 1.29 is 4.74 Å². The summed E-state index contributed by atoms with van der Waals surface area (Å²) in [6.07, 6.45) is 11.3. The molecule has 0 saturated heterocycles. The van der Waals surface area contributed by atoms with Crippen LogP contribution in [0.25, 0.3) is 0 Å². The van der Waals surface area contributed by atoms with E-state index in [2.05, 4.69) is 38.2 Å². The third kappa shape index (κ3) is 4.76. The van der Waals surface area contributed by atoms with Crippen molar-refractivity contribution in [3.8, 4) is 0 Å². The van der Waals surface area contributed by atoms with Crippen molar-refractivity contribution in [3.05, 3.63) is 16.5 Å². The average molecular weight is 443 g/mol. The third-order valence-electron chi connectivity index (χ3n) is 5.66. The molecule has 132 valence electrons. The first-order chi connectivity index (χ1) is 11.2. The molecule has 0 aromatic carbocycles. The molecular formula is C20H36OSSn. The van der Waals surface area contributed by atoms with Crippen molar-refractivity contribution in [2.45, 2.75) is 91.6 Å². The number of aryl methyl sites for hydroxylation is 1. The van der Waals surface area contributed by atoms with Crippen LogP contribution in [0.3, 0.4) is 0 Å². The molecule has 0 amide bonds. The Bertz CT molecular complexity index is 446. The summed E-state index contributed by atoms with van der Waals surface area (Å²) in [4.78, 5) is 1.66. The first-order valence-corrected chi connectivity index (χ1v) is 18.2. The molecule has 1 aliphatic carbocycles. The molecule has 0 spiro atoms. The van der Waals surface area contributed by atoms with Crippen LogP contribution >= 0.6 is 11.3 Å². The molecule has 0 fully saturated rings. The molecule has 0 radical (unpaired) electrons. The summed E-state index contributed by atoms with van der Waals surface area (Å²) in [6.45, 7) is 7.10. The van der Waals surface area contributed by atoms with E-state index in [-0.39, 0.29) is 0 Å². The minimum absolute atomic E-state index is 0.391. The molecule has 0 saturated carbocycles. The second-order valence-corrected chi connectivity index (χ2v) is 22.6. The topological polar surface area (TPSA) is 9.23 Å². The van der Waals surface area contributed by atoms with Crippen LogP contribution in [0.15, 0.2) is 6.07 Å². The number of fused-ring (bicyclic) bond motifs is 1. The maximum absolute atomic E-state index is 5.74. The van der Waals surface area contributed by atoms with Crippen molar-refractivity contribution in [2.75, 3.05) is 7.11 Å². The maximum atomic E-state index is 5.74. The van der Waals surface area contributed by atoms with Gasteiger partial charge in [-0.3, -0.25) is 0 Å². The standard InChI is InChI=1S/C8H9OS.3C4H9.Sn/c1-9-7-2-3-8-6(7)4-5-10-8;3*1-3-4-2;/h4,7H,2-3H2,1H3;3*1,3-4H2,2H3;. The molecule has 0 aliphatic heterocycles. The quantitative estimate of drug-likeness (QED) is 0.358. The van der Waals surface area contributed by atoms with Crippen LogP contribution in [-0.4, -0.2) is 25.5 Å². The monoisotopic (exact) mass is 444 g/mol. The summed E-state index contributed by atoms with van der Waals surface area (Å²) in [5.41, 5.74) is 1.57. The zero-order valence-electron chi connectivity index (χ0n) is 15.7. The van der Waals surface area contributed by atoms with Crippen molar-refractivity contribution in [1.29, 1.82) is 0 Å². The van der Waals surface area contributed by atoms with Gasteiger partial charge in [-0.25, -0.2) is 0 Å². The van der Waals surface area contributed by atoms with Crippen LogP contribution in [0.1, 0.15) is 82.3 Å². The van der Waals surface area contributed by atoms with Crippen molar-refractivity contribution in [1.82, 2.24) is 0 Å². The number of unbranched alkanes of at least 4 members (excludes halogenated alkanes) is 3. The summed E-state index contributed by atoms with van der Waals surface area (Å²) in [7, 11) is 1.89. The Hall–Kier alpha value is 0.459. The van der Waals surface area contributed by atoms with Gasteiger partial charge in [0.05, 0.1) is 0 Å². The molecule has 0 bridgehead atoms. The van der Waals surface area contributed by atoms with Gasteiger partial charge in [-0.2, -0.15) is 0 Å². The Morgan fingerprint density at radius 1 is 1.04 bits per heavy atom. The summed E-state index contributed by atoms with van der Waals surface area (Å²) in [5.74, 6) is 0. The van der Waals surface area contributed by atoms with Crippen LogP contribution in [-0.2, 0) is 11.2 Å². The summed E-state index contributed by atoms with van der Waals surface area (Å²) in [5, 5.41) is 0. The van der Waals surface area contributed by atoms with E-state index < -0.39 is 18.4 Å². The summed E-state index contributed by atoms with van der Waals surface area (Å²) >= 11 is 0.0115. The number of hydrogen-bond acceptors (Lipinski definition) is 2. The summed E-state index contributed by atoms with van der Waals surface area (Å²) in [6, 6.07) is 2.64. The number of rotatable bonds is 11. The molecule has 1 nitrogen and oxygen atoms in total. The number of thiophene rings is 1. The van der Waals surface area contributed by atoms with Gasteiger partial charge < -0.3 is 0 Å². The normalized spacial score (nSPS) is 17.7. The van der Waals surface area contributed by atoms with Gasteiger partial charge in [-0.05, 0) is 0 Å². The van der Waals surface area contributed by atoms with Gasteiger partial charge in [0, 0.05) is 0 Å². The minimum atomic E-state index is -2.20. The summed E-state index contributed by atoms with van der Waals surface area (Å²) < 4.78 is 12.4. The number of hydrogen-bond donors (Lipinski definition) is 0. The molecule has 23 heavy (non-hydrogen) atoms. The van der Waals surface area contributed by atoms with Gasteiger partial charge in [-0.1, -0.05) is 0 Å². The molecule has 1 heterocycles. The van der Waals surface area contributed by atoms with E-state index in [4.69, 9.17) is 4.74 Å². The first kappa shape index (κ1) is 19.8. The Labute approximate surface area is 152 Å². The van der Waals surface area contributed by atoms with Crippen molar-refractivity contribution in [2.24, 2.45) is 0 Å². The fourth-order valence-corrected chi connectivity index (χ4v) is 24.7. The van der Waals surface area contributed by atoms with Gasteiger partial charge >= 0.3 is 153 Å². The average Bonchev–Trinajstić information content (AvgIpc) is 3.15. The van der Waals surface area contributed by atoms with Crippen LogP contribution in [0.2, 0.25) is 13.3 Å². The van der Waals surface area contributed by atoms with E-state index in [0.29, 0.717) is 6.10 Å². The SMILES string of the molecule is CCC[CH2][Sn]([CH2]CCC)([CH2]CCC)[c]1cc2c(s1)CCC2OC. The Morgan fingerprint density at radius 2 is 1.61 bits per heavy atom. The van der Waals surface area contributed by atoms with E-state index >= 15 is 0 Å². The zero-order valence-corrected chi connectivity index (χ0v) is 19.4. The number of methoxy groups -OCH3 is 1. The van der Waals surface area contributed by atoms with Crippen molar-refractivity contribution >= 4 is 32.6 Å². The van der Waals surface area contributed by atoms with Crippen molar-refractivity contribution in [3.63, 3.8) is 0 Å². The predicted octanol–water partition coefficient (Wildman–Crippen LogP) is 6.44. The molecule has 1 aromatic heterocycles. The third-order valence-corrected chi connectivity index (χ3v) is 25.1. The second kappa shape index (κ2) is 9.82.